The number of phenolic OH excluding ortho intramolecular Hbond substituents is 3. The molecule has 616 valence electrons. The third kappa shape index (κ3) is 32.0. The van der Waals surface area contributed by atoms with Crippen LogP contribution in [-0.4, -0.2) is 258 Å². The summed E-state index contributed by atoms with van der Waals surface area (Å²) in [6.07, 6.45) is -5.15. The molecule has 11 atom stereocenters. The second kappa shape index (κ2) is 46.3. The maximum absolute atomic E-state index is 15.0. The molecule has 1 saturated heterocycles. The summed E-state index contributed by atoms with van der Waals surface area (Å²) in [5.41, 5.74) is 8.07. The molecule has 114 heavy (non-hydrogen) atoms. The largest absolute Gasteiger partial charge is 0.508 e. The third-order valence-electron chi connectivity index (χ3n) is 17.2. The Balaban J connectivity index is 1.26. The van der Waals surface area contributed by atoms with E-state index in [1.54, 1.807) is 42.5 Å². The van der Waals surface area contributed by atoms with Crippen LogP contribution in [0, 0.1) is 0 Å². The van der Waals surface area contributed by atoms with Crippen molar-refractivity contribution >= 4 is 132 Å². The van der Waals surface area contributed by atoms with Crippen LogP contribution >= 0.6 is 25.3 Å². The van der Waals surface area contributed by atoms with Gasteiger partial charge in [-0.05, 0) is 97.7 Å². The van der Waals surface area contributed by atoms with E-state index >= 15 is 0 Å². The highest BCUT2D eigenvalue weighted by atomic mass is 32.1. The Morgan fingerprint density at radius 3 is 1.25 bits per heavy atom. The van der Waals surface area contributed by atoms with E-state index < -0.39 is 237 Å². The Morgan fingerprint density at radius 1 is 0.395 bits per heavy atom. The summed E-state index contributed by atoms with van der Waals surface area (Å²) in [5, 5.41) is 97.7. The maximum atomic E-state index is 15.0. The second-order valence-corrected chi connectivity index (χ2v) is 26.8. The first-order valence-electron chi connectivity index (χ1n) is 35.4. The van der Waals surface area contributed by atoms with E-state index in [-0.39, 0.29) is 68.1 Å². The molecule has 22 N–H and O–H groups in total. The Bertz CT molecular complexity index is 4110. The van der Waals surface area contributed by atoms with Crippen LogP contribution in [-0.2, 0) is 112 Å². The van der Waals surface area contributed by atoms with E-state index in [0.717, 1.165) is 11.8 Å². The van der Waals surface area contributed by atoms with Gasteiger partial charge in [0, 0.05) is 50.2 Å². The van der Waals surface area contributed by atoms with Gasteiger partial charge in [0.2, 0.25) is 82.7 Å². The molecule has 0 aromatic heterocycles. The number of aliphatic carboxylic acids is 4. The Morgan fingerprint density at radius 2 is 0.772 bits per heavy atom. The van der Waals surface area contributed by atoms with Crippen molar-refractivity contribution in [3.05, 3.63) is 125 Å². The molecular weight excluding hydrogens is 1540 g/mol. The minimum atomic E-state index is -2.11. The van der Waals surface area contributed by atoms with Crippen molar-refractivity contribution in [3.63, 3.8) is 0 Å². The predicted molar refractivity (Wildman–Crippen MR) is 405 cm³/mol. The van der Waals surface area contributed by atoms with E-state index in [0.29, 0.717) is 22.3 Å². The Labute approximate surface area is 661 Å². The normalized spacial score (nSPS) is 14.8. The van der Waals surface area contributed by atoms with Crippen molar-refractivity contribution in [1.29, 1.82) is 0 Å². The van der Waals surface area contributed by atoms with Crippen molar-refractivity contribution in [2.45, 2.75) is 144 Å². The van der Waals surface area contributed by atoms with E-state index in [2.05, 4.69) is 89.1 Å². The lowest BCUT2D eigenvalue weighted by Crippen LogP contribution is -2.61. The molecule has 1 heterocycles. The number of nitrogens with one attached hydrogen (secondary N) is 13. The molecule has 4 aromatic carbocycles. The molecule has 1 aliphatic heterocycles. The zero-order chi connectivity index (χ0) is 84.3. The number of rotatable bonds is 46. The van der Waals surface area contributed by atoms with Gasteiger partial charge in [0.25, 0.3) is 0 Å². The standard InChI is InChI=1S/C72H91N15O25S2/c1-37(62(102)85-52(35-113)69(109)81-48(28-40-11-17-43(89)18-12-40)65(105)76-32-56(92)74-31-55(91)75-34-61(100)101)78-57(93)33-77-64(104)46(21-23-58(94)95)79-66(106)47(22-24-59(96)97)80-68(108)50(30-60(98)99)83-71(111)54-8-5-25-87(54)72(112)51(29-41-13-19-44(90)20-14-41)84-67(107)49(27-38-6-3-2-4-7-38)82-70(110)53(36-114)86-63(103)45(73)26-39-9-15-42(88)16-10-39/h2-4,6-7,9-20,37,45-54,88-90,113-114H,5,8,21-36,73H2,1H3,(H,74,92)(H,75,91)(H,76,105)(H,77,104)(H,78,93)(H,79,106)(H,80,108)(H,81,109)(H,82,110)(H,83,111)(H,84,107)(H,85,102)(H,86,103)(H,94,95)(H,96,97)(H,98,99)(H,100,101)/t37-,45-,46-,47-,48-,49-,50-,51-,52-,53-,54-/m0/s1. The molecule has 14 amide bonds. The van der Waals surface area contributed by atoms with Crippen molar-refractivity contribution in [2.24, 2.45) is 5.73 Å². The molecule has 42 heteroatoms. The number of aromatic hydroxyl groups is 3. The minimum Gasteiger partial charge on any atom is -0.508 e. The molecule has 1 fully saturated rings. The number of carbonyl (C=O) groups excluding carboxylic acids is 14. The van der Waals surface area contributed by atoms with Gasteiger partial charge in [-0.2, -0.15) is 25.3 Å². The van der Waals surface area contributed by atoms with Gasteiger partial charge in [-0.3, -0.25) is 86.3 Å². The highest BCUT2D eigenvalue weighted by molar-refractivity contribution is 7.80. The summed E-state index contributed by atoms with van der Waals surface area (Å²) in [6, 6.07) is 7.54. The fraction of sp³-hybridized carbons (Fsp3) is 0.417. The number of nitrogens with zero attached hydrogens (tertiary/aromatic N) is 1. The number of carbonyl (C=O) groups is 18. The average Bonchev–Trinajstić information content (AvgIpc) is 1.58. The van der Waals surface area contributed by atoms with Crippen LogP contribution in [0.25, 0.3) is 0 Å². The first kappa shape index (κ1) is 92.0. The number of hydrogen-bond acceptors (Lipinski definition) is 24. The number of hydrogen-bond donors (Lipinski definition) is 23. The molecule has 0 aliphatic carbocycles. The summed E-state index contributed by atoms with van der Waals surface area (Å²) in [6.45, 7) is -2.10. The molecule has 4 aromatic rings. The van der Waals surface area contributed by atoms with Crippen LogP contribution in [0.2, 0.25) is 0 Å². The molecule has 0 bridgehead atoms. The van der Waals surface area contributed by atoms with Crippen LogP contribution in [0.15, 0.2) is 103 Å². The fourth-order valence-corrected chi connectivity index (χ4v) is 11.7. The lowest BCUT2D eigenvalue weighted by atomic mass is 10.0. The van der Waals surface area contributed by atoms with Crippen molar-refractivity contribution in [3.8, 4) is 17.2 Å². The first-order valence-corrected chi connectivity index (χ1v) is 36.6. The molecule has 0 unspecified atom stereocenters. The van der Waals surface area contributed by atoms with Crippen molar-refractivity contribution in [1.82, 2.24) is 74.0 Å². The number of nitrogens with two attached hydrogens (primary N) is 1. The van der Waals surface area contributed by atoms with Crippen LogP contribution < -0.4 is 74.9 Å². The highest BCUT2D eigenvalue weighted by Crippen LogP contribution is 2.22. The number of thiol groups is 2. The molecule has 0 saturated carbocycles. The monoisotopic (exact) mass is 1630 g/mol. The Hall–Kier alpha value is -12.6. The van der Waals surface area contributed by atoms with E-state index in [1.165, 1.54) is 60.7 Å². The van der Waals surface area contributed by atoms with Crippen LogP contribution in [0.4, 0.5) is 0 Å². The molecular formula is C72H91N15O25S2. The average molecular weight is 1630 g/mol. The van der Waals surface area contributed by atoms with Crippen LogP contribution in [0.3, 0.4) is 0 Å². The summed E-state index contributed by atoms with van der Waals surface area (Å²) in [5.74, 6) is -21.6. The van der Waals surface area contributed by atoms with E-state index in [4.69, 9.17) is 10.8 Å². The predicted octanol–water partition coefficient (Wildman–Crippen LogP) is -5.61. The first-order chi connectivity index (χ1) is 54.0. The number of carboxylic acids is 4. The van der Waals surface area contributed by atoms with E-state index in [9.17, 15) is 117 Å². The Kier molecular flexibility index (Phi) is 37.4. The maximum Gasteiger partial charge on any atom is 0.322 e. The number of phenols is 3. The minimum absolute atomic E-state index is 0.0115. The van der Waals surface area contributed by atoms with Gasteiger partial charge in [0.1, 0.15) is 84.2 Å². The van der Waals surface area contributed by atoms with E-state index in [1.807, 2.05) is 5.32 Å². The number of likely N-dealkylation sites (tertiary alicyclic amines) is 1. The van der Waals surface area contributed by atoms with Gasteiger partial charge in [-0.25, -0.2) is 0 Å². The summed E-state index contributed by atoms with van der Waals surface area (Å²) in [7, 11) is 0. The lowest BCUT2D eigenvalue weighted by molar-refractivity contribution is -0.144. The summed E-state index contributed by atoms with van der Waals surface area (Å²) in [4.78, 5) is 239. The zero-order valence-corrected chi connectivity index (χ0v) is 63.1. The van der Waals surface area contributed by atoms with Gasteiger partial charge in [-0.1, -0.05) is 66.7 Å². The summed E-state index contributed by atoms with van der Waals surface area (Å²) < 4.78 is 0. The van der Waals surface area contributed by atoms with Crippen LogP contribution in [0.1, 0.15) is 74.1 Å². The molecule has 5 rings (SSSR count). The smallest absolute Gasteiger partial charge is 0.322 e. The number of amides is 14. The molecule has 1 aliphatic rings. The molecule has 0 spiro atoms. The lowest BCUT2D eigenvalue weighted by Gasteiger charge is -2.31. The van der Waals surface area contributed by atoms with Gasteiger partial charge >= 0.3 is 23.9 Å². The third-order valence-corrected chi connectivity index (χ3v) is 17.9. The number of benzene rings is 4. The topological polar surface area (TPSA) is 635 Å². The van der Waals surface area contributed by atoms with Gasteiger partial charge < -0.3 is 115 Å². The van der Waals surface area contributed by atoms with Gasteiger partial charge in [0.05, 0.1) is 32.1 Å². The number of carboxylic acid groups (broad SMARTS) is 4. The fourth-order valence-electron chi connectivity index (χ4n) is 11.2. The quantitative estimate of drug-likeness (QED) is 0.0183. The highest BCUT2D eigenvalue weighted by Gasteiger charge is 2.42. The van der Waals surface area contributed by atoms with Crippen molar-refractivity contribution in [2.75, 3.05) is 44.2 Å². The van der Waals surface area contributed by atoms with Gasteiger partial charge in [0.15, 0.2) is 0 Å². The van der Waals surface area contributed by atoms with Gasteiger partial charge in [-0.15, -0.1) is 0 Å². The SMILES string of the molecule is C[C@H](NC(=O)CNC(=O)[C@H](CCC(=O)O)NC(=O)[C@H](CCC(=O)O)NC(=O)[C@H](CC(=O)O)NC(=O)[C@@H]1CCCN1C(=O)[C@H](Cc1ccc(O)cc1)NC(=O)[C@H](Cc1ccccc1)NC(=O)[C@H](CS)NC(=O)[C@@H](N)Cc1ccc(O)cc1)C(=O)N[C@@H](CS)C(=O)N[C@@H](Cc1ccc(O)cc1)C(=O)NCC(=O)NCC(=O)NCC(=O)O. The second-order valence-electron chi connectivity index (χ2n) is 26.1. The molecule has 0 radical (unpaired) electrons. The zero-order valence-electron chi connectivity index (χ0n) is 61.3. The van der Waals surface area contributed by atoms with Crippen molar-refractivity contribution < 1.29 is 122 Å². The summed E-state index contributed by atoms with van der Waals surface area (Å²) >= 11 is 8.40. The van der Waals surface area contributed by atoms with Crippen LogP contribution in [0.5, 0.6) is 17.2 Å². The molecule has 40 nitrogen and oxygen atoms in total.